The molecular weight excluding hydrogens is 270 g/mol. The summed E-state index contributed by atoms with van der Waals surface area (Å²) < 4.78 is 4.70. The number of amides is 3. The Morgan fingerprint density at radius 1 is 1.35 bits per heavy atom. The number of carbonyl (C=O) groups is 4. The normalized spacial score (nSPS) is 11.1. The molecule has 0 radical (unpaired) electrons. The average Bonchev–Trinajstić information content (AvgIpc) is 2.32. The van der Waals surface area contributed by atoms with Crippen LogP contribution in [0.15, 0.2) is 12.2 Å². The number of nitrogens with two attached hydrogens (primary N) is 1. The number of nitrogens with one attached hydrogen (secondary N) is 2. The molecular formula is C11H17N3O6. The quantitative estimate of drug-likeness (QED) is 0.248. The van der Waals surface area contributed by atoms with E-state index in [1.807, 2.05) is 0 Å². The van der Waals surface area contributed by atoms with Gasteiger partial charge in [-0.2, -0.15) is 0 Å². The molecule has 0 aromatic heterocycles. The predicted octanol–water partition coefficient (Wildman–Crippen LogP) is -1.27. The number of primary amides is 1. The molecule has 112 valence electrons. The van der Waals surface area contributed by atoms with Gasteiger partial charge >= 0.3 is 18.0 Å². The van der Waals surface area contributed by atoms with E-state index in [1.165, 1.54) is 6.92 Å². The number of carboxylic acids is 1. The SMILES string of the molecule is C=C(C)C(=O)OCCNC(=O)NC(CC(N)=O)C(=O)O. The molecule has 0 aromatic carbocycles. The fourth-order valence-corrected chi connectivity index (χ4v) is 1.04. The van der Waals surface area contributed by atoms with Gasteiger partial charge in [-0.05, 0) is 6.92 Å². The van der Waals surface area contributed by atoms with Crippen molar-refractivity contribution in [3.05, 3.63) is 12.2 Å². The zero-order valence-electron chi connectivity index (χ0n) is 11.0. The highest BCUT2D eigenvalue weighted by Gasteiger charge is 2.21. The molecule has 1 atom stereocenters. The fraction of sp³-hybridized carbons (Fsp3) is 0.455. The molecule has 9 nitrogen and oxygen atoms in total. The van der Waals surface area contributed by atoms with Crippen molar-refractivity contribution >= 4 is 23.9 Å². The van der Waals surface area contributed by atoms with Crippen LogP contribution >= 0.6 is 0 Å². The monoisotopic (exact) mass is 287 g/mol. The van der Waals surface area contributed by atoms with Gasteiger partial charge in [0.1, 0.15) is 12.6 Å². The van der Waals surface area contributed by atoms with Gasteiger partial charge in [-0.25, -0.2) is 14.4 Å². The summed E-state index contributed by atoms with van der Waals surface area (Å²) in [6, 6.07) is -2.23. The highest BCUT2D eigenvalue weighted by atomic mass is 16.5. The van der Waals surface area contributed by atoms with Crippen LogP contribution in [0.3, 0.4) is 0 Å². The fourth-order valence-electron chi connectivity index (χ4n) is 1.04. The number of hydrogen-bond donors (Lipinski definition) is 4. The van der Waals surface area contributed by atoms with Crippen molar-refractivity contribution in [2.75, 3.05) is 13.2 Å². The van der Waals surface area contributed by atoms with Gasteiger partial charge < -0.3 is 26.2 Å². The molecule has 0 aromatic rings. The smallest absolute Gasteiger partial charge is 0.333 e. The van der Waals surface area contributed by atoms with Crippen LogP contribution in [-0.2, 0) is 19.1 Å². The summed E-state index contributed by atoms with van der Waals surface area (Å²) in [5.41, 5.74) is 5.07. The molecule has 0 bridgehead atoms. The van der Waals surface area contributed by atoms with E-state index in [2.05, 4.69) is 17.2 Å². The van der Waals surface area contributed by atoms with E-state index >= 15 is 0 Å². The zero-order chi connectivity index (χ0) is 15.7. The number of ether oxygens (including phenoxy) is 1. The first-order valence-corrected chi connectivity index (χ1v) is 5.62. The summed E-state index contributed by atoms with van der Waals surface area (Å²) in [6.07, 6.45) is -0.520. The minimum absolute atomic E-state index is 0.0201. The van der Waals surface area contributed by atoms with Gasteiger partial charge in [0.05, 0.1) is 13.0 Å². The van der Waals surface area contributed by atoms with Crippen LogP contribution in [0.1, 0.15) is 13.3 Å². The summed E-state index contributed by atoms with van der Waals surface area (Å²) in [6.45, 7) is 4.74. The van der Waals surface area contributed by atoms with Crippen LogP contribution < -0.4 is 16.4 Å². The predicted molar refractivity (Wildman–Crippen MR) is 67.5 cm³/mol. The van der Waals surface area contributed by atoms with Crippen LogP contribution in [0.2, 0.25) is 0 Å². The average molecular weight is 287 g/mol. The topological polar surface area (TPSA) is 148 Å². The summed E-state index contributed by atoms with van der Waals surface area (Å²) in [7, 11) is 0. The molecule has 5 N–H and O–H groups in total. The van der Waals surface area contributed by atoms with Crippen LogP contribution in [0, 0.1) is 0 Å². The Hall–Kier alpha value is -2.58. The third-order valence-electron chi connectivity index (χ3n) is 1.98. The van der Waals surface area contributed by atoms with E-state index < -0.39 is 36.3 Å². The van der Waals surface area contributed by atoms with Gasteiger partial charge in [-0.3, -0.25) is 4.79 Å². The minimum Gasteiger partial charge on any atom is -0.480 e. The molecule has 0 aliphatic carbocycles. The Morgan fingerprint density at radius 3 is 2.40 bits per heavy atom. The Bertz CT molecular complexity index is 420. The van der Waals surface area contributed by atoms with Gasteiger partial charge in [-0.1, -0.05) is 6.58 Å². The van der Waals surface area contributed by atoms with Crippen LogP contribution in [0.25, 0.3) is 0 Å². The number of esters is 1. The van der Waals surface area contributed by atoms with Crippen molar-refractivity contribution in [2.45, 2.75) is 19.4 Å². The lowest BCUT2D eigenvalue weighted by Crippen LogP contribution is -2.48. The van der Waals surface area contributed by atoms with Gasteiger partial charge in [0.2, 0.25) is 5.91 Å². The van der Waals surface area contributed by atoms with Crippen molar-refractivity contribution in [3.8, 4) is 0 Å². The van der Waals surface area contributed by atoms with Crippen molar-refractivity contribution in [1.82, 2.24) is 10.6 Å². The second-order valence-electron chi connectivity index (χ2n) is 3.88. The molecule has 1 unspecified atom stereocenters. The largest absolute Gasteiger partial charge is 0.480 e. The number of carboxylic acid groups (broad SMARTS) is 1. The maximum absolute atomic E-state index is 11.3. The van der Waals surface area contributed by atoms with E-state index in [-0.39, 0.29) is 18.7 Å². The standard InChI is InChI=1S/C11H17N3O6/c1-6(2)10(18)20-4-3-13-11(19)14-7(9(16)17)5-8(12)15/h7H,1,3-5H2,2H3,(H2,12,15)(H,16,17)(H2,13,14,19). The Morgan fingerprint density at radius 2 is 1.95 bits per heavy atom. The van der Waals surface area contributed by atoms with Gasteiger partial charge in [0.15, 0.2) is 0 Å². The maximum Gasteiger partial charge on any atom is 0.333 e. The van der Waals surface area contributed by atoms with E-state index in [9.17, 15) is 19.2 Å². The number of hydrogen-bond acceptors (Lipinski definition) is 5. The maximum atomic E-state index is 11.3. The van der Waals surface area contributed by atoms with Gasteiger partial charge in [0.25, 0.3) is 0 Å². The molecule has 0 saturated heterocycles. The second kappa shape index (κ2) is 8.51. The molecule has 0 aliphatic heterocycles. The molecule has 9 heteroatoms. The number of urea groups is 1. The highest BCUT2D eigenvalue weighted by Crippen LogP contribution is 1.92. The summed E-state index contributed by atoms with van der Waals surface area (Å²) in [5.74, 6) is -2.83. The summed E-state index contributed by atoms with van der Waals surface area (Å²) >= 11 is 0. The third-order valence-corrected chi connectivity index (χ3v) is 1.98. The zero-order valence-corrected chi connectivity index (χ0v) is 11.0. The van der Waals surface area contributed by atoms with Crippen molar-refractivity contribution in [1.29, 1.82) is 0 Å². The van der Waals surface area contributed by atoms with Crippen LogP contribution in [0.5, 0.6) is 0 Å². The first-order valence-electron chi connectivity index (χ1n) is 5.62. The third kappa shape index (κ3) is 7.69. The van der Waals surface area contributed by atoms with Gasteiger partial charge in [-0.15, -0.1) is 0 Å². The lowest BCUT2D eigenvalue weighted by Gasteiger charge is -2.13. The summed E-state index contributed by atoms with van der Waals surface area (Å²) in [5, 5.41) is 13.1. The number of rotatable bonds is 8. The van der Waals surface area contributed by atoms with Crippen LogP contribution in [0.4, 0.5) is 4.79 Å². The first kappa shape index (κ1) is 17.4. The lowest BCUT2D eigenvalue weighted by molar-refractivity contribution is -0.141. The highest BCUT2D eigenvalue weighted by molar-refractivity contribution is 5.88. The number of aliphatic carboxylic acids is 1. The molecule has 0 rings (SSSR count). The van der Waals surface area contributed by atoms with E-state index in [1.54, 1.807) is 0 Å². The van der Waals surface area contributed by atoms with E-state index in [0.29, 0.717) is 0 Å². The molecule has 0 aliphatic rings. The van der Waals surface area contributed by atoms with Crippen molar-refractivity contribution < 1.29 is 29.0 Å². The van der Waals surface area contributed by atoms with Crippen molar-refractivity contribution in [3.63, 3.8) is 0 Å². The Balaban J connectivity index is 4.03. The second-order valence-corrected chi connectivity index (χ2v) is 3.88. The first-order chi connectivity index (χ1) is 9.23. The summed E-state index contributed by atoms with van der Waals surface area (Å²) in [4.78, 5) is 43.7. The van der Waals surface area contributed by atoms with E-state index in [4.69, 9.17) is 15.6 Å². The van der Waals surface area contributed by atoms with Gasteiger partial charge in [0, 0.05) is 5.57 Å². The number of carbonyl (C=O) groups excluding carboxylic acids is 3. The Labute approximate surface area is 115 Å². The lowest BCUT2D eigenvalue weighted by atomic mass is 10.2. The van der Waals surface area contributed by atoms with Crippen molar-refractivity contribution in [2.24, 2.45) is 5.73 Å². The molecule has 0 heterocycles. The molecule has 0 fully saturated rings. The molecule has 20 heavy (non-hydrogen) atoms. The Kier molecular flexibility index (Phi) is 7.41. The molecule has 3 amide bonds. The molecule has 0 spiro atoms. The van der Waals surface area contributed by atoms with E-state index in [0.717, 1.165) is 0 Å². The molecule has 0 saturated carbocycles. The van der Waals surface area contributed by atoms with Crippen LogP contribution in [-0.4, -0.2) is 48.2 Å². The minimum atomic E-state index is -1.41.